The Kier molecular flexibility index (Phi) is 6.57. The maximum atomic E-state index is 12.7. The normalized spacial score (nSPS) is 14.5. The molecular weight excluding hydrogens is 350 g/mol. The first-order valence-corrected chi connectivity index (χ1v) is 9.87. The van der Waals surface area contributed by atoms with Crippen molar-refractivity contribution in [2.75, 3.05) is 51.8 Å². The highest BCUT2D eigenvalue weighted by Gasteiger charge is 2.22. The van der Waals surface area contributed by atoms with Crippen LogP contribution < -0.4 is 9.64 Å². The maximum absolute atomic E-state index is 12.7. The Morgan fingerprint density at radius 3 is 2.32 bits per heavy atom. The lowest BCUT2D eigenvalue weighted by Crippen LogP contribution is -2.51. The second-order valence-corrected chi connectivity index (χ2v) is 7.67. The number of ether oxygens (including phenoxy) is 1. The van der Waals surface area contributed by atoms with Crippen LogP contribution in [0.4, 0.5) is 5.69 Å². The minimum absolute atomic E-state index is 0.210. The van der Waals surface area contributed by atoms with Crippen LogP contribution in [0.1, 0.15) is 16.7 Å². The monoisotopic (exact) mass is 381 g/mol. The first-order valence-electron chi connectivity index (χ1n) is 9.87. The minimum Gasteiger partial charge on any atom is -0.497 e. The van der Waals surface area contributed by atoms with Gasteiger partial charge < -0.3 is 14.5 Å². The van der Waals surface area contributed by atoms with Gasteiger partial charge in [0, 0.05) is 38.4 Å². The number of nitrogens with zero attached hydrogens (tertiary/aromatic N) is 3. The van der Waals surface area contributed by atoms with Crippen molar-refractivity contribution in [2.45, 2.75) is 20.4 Å². The fourth-order valence-electron chi connectivity index (χ4n) is 3.71. The molecule has 1 fully saturated rings. The highest BCUT2D eigenvalue weighted by Crippen LogP contribution is 2.20. The molecule has 1 aliphatic heterocycles. The number of aryl methyl sites for hydroxylation is 2. The van der Waals surface area contributed by atoms with Gasteiger partial charge in [0.15, 0.2) is 0 Å². The Morgan fingerprint density at radius 1 is 1.04 bits per heavy atom. The van der Waals surface area contributed by atoms with Gasteiger partial charge in [-0.2, -0.15) is 0 Å². The van der Waals surface area contributed by atoms with Crippen molar-refractivity contribution in [2.24, 2.45) is 0 Å². The summed E-state index contributed by atoms with van der Waals surface area (Å²) in [6.45, 7) is 8.74. The molecule has 5 heteroatoms. The number of likely N-dealkylation sites (N-methyl/N-ethyl adjacent to an activating group) is 1. The van der Waals surface area contributed by atoms with Crippen molar-refractivity contribution in [3.8, 4) is 5.75 Å². The molecule has 0 bridgehead atoms. The molecule has 1 heterocycles. The molecule has 0 radical (unpaired) electrons. The first-order chi connectivity index (χ1) is 13.5. The number of amides is 1. The zero-order valence-corrected chi connectivity index (χ0v) is 17.4. The average molecular weight is 382 g/mol. The number of hydrogen-bond donors (Lipinski definition) is 0. The number of methoxy groups -OCH3 is 1. The number of anilines is 1. The largest absolute Gasteiger partial charge is 0.497 e. The van der Waals surface area contributed by atoms with Gasteiger partial charge >= 0.3 is 0 Å². The van der Waals surface area contributed by atoms with Gasteiger partial charge in [0.25, 0.3) is 0 Å². The molecule has 0 aliphatic carbocycles. The Balaban J connectivity index is 1.49. The summed E-state index contributed by atoms with van der Waals surface area (Å²) < 4.78 is 5.22. The van der Waals surface area contributed by atoms with Gasteiger partial charge in [-0.15, -0.1) is 0 Å². The van der Waals surface area contributed by atoms with Crippen molar-refractivity contribution in [3.63, 3.8) is 0 Å². The van der Waals surface area contributed by atoms with E-state index in [4.69, 9.17) is 4.74 Å². The molecular formula is C23H31N3O2. The van der Waals surface area contributed by atoms with Crippen LogP contribution in [0.3, 0.4) is 0 Å². The van der Waals surface area contributed by atoms with Crippen LogP contribution >= 0.6 is 0 Å². The summed E-state index contributed by atoms with van der Waals surface area (Å²) in [5, 5.41) is 0. The van der Waals surface area contributed by atoms with Crippen molar-refractivity contribution in [1.82, 2.24) is 9.80 Å². The fourth-order valence-corrected chi connectivity index (χ4v) is 3.71. The summed E-state index contributed by atoms with van der Waals surface area (Å²) in [6, 6.07) is 14.6. The standard InChI is InChI=1S/C23H31N3O2/c1-18-5-6-20(19(2)15-18)16-24(3)17-23(27)26-13-11-25(12-14-26)21-7-9-22(28-4)10-8-21/h5-10,15H,11-14,16-17H2,1-4H3. The third kappa shape index (κ3) is 5.04. The smallest absolute Gasteiger partial charge is 0.236 e. The third-order valence-electron chi connectivity index (χ3n) is 5.41. The molecule has 3 rings (SSSR count). The highest BCUT2D eigenvalue weighted by atomic mass is 16.5. The Morgan fingerprint density at radius 2 is 1.71 bits per heavy atom. The summed E-state index contributed by atoms with van der Waals surface area (Å²) in [4.78, 5) is 19.1. The summed E-state index contributed by atoms with van der Waals surface area (Å²) >= 11 is 0. The predicted octanol–water partition coefficient (Wildman–Crippen LogP) is 3.09. The van der Waals surface area contributed by atoms with E-state index in [9.17, 15) is 4.79 Å². The van der Waals surface area contributed by atoms with E-state index in [2.05, 4.69) is 54.0 Å². The van der Waals surface area contributed by atoms with Crippen molar-refractivity contribution in [1.29, 1.82) is 0 Å². The number of benzene rings is 2. The quantitative estimate of drug-likeness (QED) is 0.770. The molecule has 0 aromatic heterocycles. The van der Waals surface area contributed by atoms with Gasteiger partial charge in [0.1, 0.15) is 5.75 Å². The first kappa shape index (κ1) is 20.2. The van der Waals surface area contributed by atoms with E-state index in [1.807, 2.05) is 24.1 Å². The second kappa shape index (κ2) is 9.11. The van der Waals surface area contributed by atoms with Crippen LogP contribution in [0.5, 0.6) is 5.75 Å². The Hall–Kier alpha value is -2.53. The van der Waals surface area contributed by atoms with Crippen molar-refractivity contribution in [3.05, 3.63) is 59.2 Å². The number of carbonyl (C=O) groups excluding carboxylic acids is 1. The van der Waals surface area contributed by atoms with E-state index in [-0.39, 0.29) is 5.91 Å². The SMILES string of the molecule is COc1ccc(N2CCN(C(=O)CN(C)Cc3ccc(C)cc3C)CC2)cc1. The van der Waals surface area contributed by atoms with Gasteiger partial charge in [-0.05, 0) is 56.3 Å². The maximum Gasteiger partial charge on any atom is 0.236 e. The van der Waals surface area contributed by atoms with Gasteiger partial charge in [-0.1, -0.05) is 23.8 Å². The second-order valence-electron chi connectivity index (χ2n) is 7.67. The Labute approximate surface area is 168 Å². The van der Waals surface area contributed by atoms with Crippen LogP contribution in [0.2, 0.25) is 0 Å². The van der Waals surface area contributed by atoms with E-state index in [0.29, 0.717) is 6.54 Å². The molecule has 0 atom stereocenters. The zero-order chi connectivity index (χ0) is 20.1. The Bertz CT molecular complexity index is 796. The molecule has 1 aliphatic rings. The van der Waals surface area contributed by atoms with Gasteiger partial charge in [-0.3, -0.25) is 9.69 Å². The molecule has 1 amide bonds. The lowest BCUT2D eigenvalue weighted by atomic mass is 10.1. The van der Waals surface area contributed by atoms with Gasteiger partial charge in [0.2, 0.25) is 5.91 Å². The van der Waals surface area contributed by atoms with Crippen LogP contribution in [-0.4, -0.2) is 62.6 Å². The number of piperazine rings is 1. The molecule has 0 spiro atoms. The zero-order valence-electron chi connectivity index (χ0n) is 17.4. The molecule has 28 heavy (non-hydrogen) atoms. The molecule has 0 unspecified atom stereocenters. The van der Waals surface area contributed by atoms with Gasteiger partial charge in [-0.25, -0.2) is 0 Å². The van der Waals surface area contributed by atoms with Crippen LogP contribution in [0, 0.1) is 13.8 Å². The van der Waals surface area contributed by atoms with Crippen molar-refractivity contribution >= 4 is 11.6 Å². The fraction of sp³-hybridized carbons (Fsp3) is 0.435. The van der Waals surface area contributed by atoms with E-state index in [1.54, 1.807) is 7.11 Å². The topological polar surface area (TPSA) is 36.0 Å². The molecule has 1 saturated heterocycles. The van der Waals surface area contributed by atoms with E-state index in [1.165, 1.54) is 22.4 Å². The summed E-state index contributed by atoms with van der Waals surface area (Å²) in [6.07, 6.45) is 0. The highest BCUT2D eigenvalue weighted by molar-refractivity contribution is 5.78. The summed E-state index contributed by atoms with van der Waals surface area (Å²) in [5.74, 6) is 1.08. The van der Waals surface area contributed by atoms with Crippen LogP contribution in [0.25, 0.3) is 0 Å². The van der Waals surface area contributed by atoms with Crippen LogP contribution in [-0.2, 0) is 11.3 Å². The lowest BCUT2D eigenvalue weighted by molar-refractivity contribution is -0.132. The van der Waals surface area contributed by atoms with Crippen LogP contribution in [0.15, 0.2) is 42.5 Å². The average Bonchev–Trinajstić information content (AvgIpc) is 2.70. The summed E-state index contributed by atoms with van der Waals surface area (Å²) in [5.41, 5.74) is 5.02. The lowest BCUT2D eigenvalue weighted by Gasteiger charge is -2.36. The number of rotatable bonds is 6. The number of carbonyl (C=O) groups is 1. The molecule has 5 nitrogen and oxygen atoms in total. The van der Waals surface area contributed by atoms with E-state index >= 15 is 0 Å². The third-order valence-corrected chi connectivity index (χ3v) is 5.41. The van der Waals surface area contributed by atoms with Gasteiger partial charge in [0.05, 0.1) is 13.7 Å². The van der Waals surface area contributed by atoms with E-state index in [0.717, 1.165) is 38.5 Å². The predicted molar refractivity (Wildman–Crippen MR) is 114 cm³/mol. The molecule has 0 saturated carbocycles. The molecule has 150 valence electrons. The summed E-state index contributed by atoms with van der Waals surface area (Å²) in [7, 11) is 3.70. The molecule has 2 aromatic rings. The van der Waals surface area contributed by atoms with E-state index < -0.39 is 0 Å². The minimum atomic E-state index is 0.210. The number of hydrogen-bond acceptors (Lipinski definition) is 4. The molecule has 2 aromatic carbocycles. The van der Waals surface area contributed by atoms with Crippen molar-refractivity contribution < 1.29 is 9.53 Å². The molecule has 0 N–H and O–H groups in total.